The molecular formula is C16H22N4O2. The van der Waals surface area contributed by atoms with Crippen molar-refractivity contribution in [3.8, 4) is 0 Å². The van der Waals surface area contributed by atoms with Crippen molar-refractivity contribution in [2.45, 2.75) is 32.2 Å². The first-order chi connectivity index (χ1) is 10.8. The fourth-order valence-electron chi connectivity index (χ4n) is 2.86. The van der Waals surface area contributed by atoms with Gasteiger partial charge in [-0.3, -0.25) is 0 Å². The molecular weight excluding hydrogens is 280 g/mol. The summed E-state index contributed by atoms with van der Waals surface area (Å²) in [7, 11) is 0. The normalized spacial score (nSPS) is 17.9. The molecule has 0 aromatic carbocycles. The zero-order valence-corrected chi connectivity index (χ0v) is 12.8. The van der Waals surface area contributed by atoms with Crippen LogP contribution in [0.25, 0.3) is 0 Å². The first kappa shape index (κ1) is 14.8. The molecule has 0 radical (unpaired) electrons. The third-order valence-corrected chi connectivity index (χ3v) is 4.01. The van der Waals surface area contributed by atoms with E-state index in [0.717, 1.165) is 55.5 Å². The summed E-state index contributed by atoms with van der Waals surface area (Å²) in [5.41, 5.74) is 0. The molecule has 0 unspecified atom stereocenters. The summed E-state index contributed by atoms with van der Waals surface area (Å²) in [5.74, 6) is 3.59. The van der Waals surface area contributed by atoms with Gasteiger partial charge in [-0.2, -0.15) is 0 Å². The Labute approximate surface area is 130 Å². The SMILES string of the molecule is Cc1ccc(CCNc2cc(N3CCC[C@@H]3CO)ncn2)o1. The van der Waals surface area contributed by atoms with Crippen LogP contribution < -0.4 is 10.2 Å². The van der Waals surface area contributed by atoms with Crippen molar-refractivity contribution in [1.29, 1.82) is 0 Å². The van der Waals surface area contributed by atoms with Gasteiger partial charge in [-0.15, -0.1) is 0 Å². The third kappa shape index (κ3) is 3.39. The molecule has 1 atom stereocenters. The van der Waals surface area contributed by atoms with E-state index in [1.54, 1.807) is 6.33 Å². The fourth-order valence-corrected chi connectivity index (χ4v) is 2.86. The zero-order valence-electron chi connectivity index (χ0n) is 12.8. The Morgan fingerprint density at radius 2 is 2.32 bits per heavy atom. The van der Waals surface area contributed by atoms with Crippen molar-refractivity contribution in [2.75, 3.05) is 29.9 Å². The first-order valence-corrected chi connectivity index (χ1v) is 7.75. The van der Waals surface area contributed by atoms with Crippen LogP contribution >= 0.6 is 0 Å². The van der Waals surface area contributed by atoms with Crippen LogP contribution in [0.1, 0.15) is 24.4 Å². The highest BCUT2D eigenvalue weighted by Crippen LogP contribution is 2.24. The number of nitrogens with one attached hydrogen (secondary N) is 1. The molecule has 1 aliphatic rings. The van der Waals surface area contributed by atoms with Crippen molar-refractivity contribution < 1.29 is 9.52 Å². The summed E-state index contributed by atoms with van der Waals surface area (Å²) in [4.78, 5) is 10.7. The Morgan fingerprint density at radius 1 is 1.41 bits per heavy atom. The Hall–Kier alpha value is -2.08. The van der Waals surface area contributed by atoms with E-state index in [-0.39, 0.29) is 12.6 Å². The second kappa shape index (κ2) is 6.79. The van der Waals surface area contributed by atoms with Gasteiger partial charge >= 0.3 is 0 Å². The molecule has 118 valence electrons. The Morgan fingerprint density at radius 3 is 3.09 bits per heavy atom. The highest BCUT2D eigenvalue weighted by atomic mass is 16.3. The lowest BCUT2D eigenvalue weighted by Gasteiger charge is -2.24. The van der Waals surface area contributed by atoms with Crippen LogP contribution in [0.15, 0.2) is 28.9 Å². The summed E-state index contributed by atoms with van der Waals surface area (Å²) >= 11 is 0. The molecule has 3 rings (SSSR count). The minimum absolute atomic E-state index is 0.171. The van der Waals surface area contributed by atoms with Gasteiger partial charge in [0.25, 0.3) is 0 Å². The summed E-state index contributed by atoms with van der Waals surface area (Å²) in [6.07, 6.45) is 4.49. The van der Waals surface area contributed by atoms with Crippen LogP contribution in [-0.4, -0.2) is 40.8 Å². The predicted octanol–water partition coefficient (Wildman–Crippen LogP) is 1.99. The van der Waals surface area contributed by atoms with Gasteiger partial charge in [0.1, 0.15) is 29.5 Å². The van der Waals surface area contributed by atoms with Gasteiger partial charge in [-0.05, 0) is 31.9 Å². The lowest BCUT2D eigenvalue weighted by molar-refractivity contribution is 0.266. The van der Waals surface area contributed by atoms with E-state index in [2.05, 4.69) is 20.2 Å². The Bertz CT molecular complexity index is 614. The van der Waals surface area contributed by atoms with E-state index < -0.39 is 0 Å². The molecule has 22 heavy (non-hydrogen) atoms. The number of aliphatic hydroxyl groups is 1. The van der Waals surface area contributed by atoms with Crippen LogP contribution in [-0.2, 0) is 6.42 Å². The van der Waals surface area contributed by atoms with Gasteiger partial charge in [-0.25, -0.2) is 9.97 Å². The summed E-state index contributed by atoms with van der Waals surface area (Å²) in [5, 5.41) is 12.7. The minimum Gasteiger partial charge on any atom is -0.466 e. The van der Waals surface area contributed by atoms with E-state index >= 15 is 0 Å². The molecule has 2 aromatic rings. The van der Waals surface area contributed by atoms with Gasteiger partial charge in [0, 0.05) is 25.6 Å². The van der Waals surface area contributed by atoms with Crippen molar-refractivity contribution >= 4 is 11.6 Å². The summed E-state index contributed by atoms with van der Waals surface area (Å²) in [6, 6.07) is 6.09. The maximum Gasteiger partial charge on any atom is 0.134 e. The van der Waals surface area contributed by atoms with Crippen molar-refractivity contribution in [3.05, 3.63) is 36.0 Å². The average molecular weight is 302 g/mol. The number of nitrogens with zero attached hydrogens (tertiary/aromatic N) is 3. The van der Waals surface area contributed by atoms with Gasteiger partial charge in [0.05, 0.1) is 12.6 Å². The number of aryl methyl sites for hydroxylation is 1. The van der Waals surface area contributed by atoms with Crippen LogP contribution in [0.5, 0.6) is 0 Å². The van der Waals surface area contributed by atoms with E-state index in [1.165, 1.54) is 0 Å². The summed E-state index contributed by atoms with van der Waals surface area (Å²) in [6.45, 7) is 3.81. The monoisotopic (exact) mass is 302 g/mol. The molecule has 0 aliphatic carbocycles. The maximum absolute atomic E-state index is 9.43. The number of hydrogen-bond donors (Lipinski definition) is 2. The van der Waals surface area contributed by atoms with E-state index in [0.29, 0.717) is 0 Å². The molecule has 1 aliphatic heterocycles. The third-order valence-electron chi connectivity index (χ3n) is 4.01. The number of aliphatic hydroxyl groups excluding tert-OH is 1. The molecule has 1 fully saturated rings. The quantitative estimate of drug-likeness (QED) is 0.850. The highest BCUT2D eigenvalue weighted by molar-refractivity contribution is 5.49. The van der Waals surface area contributed by atoms with Crippen LogP contribution in [0, 0.1) is 6.92 Å². The Balaban J connectivity index is 1.59. The van der Waals surface area contributed by atoms with Gasteiger partial charge in [-0.1, -0.05) is 0 Å². The molecule has 0 amide bonds. The highest BCUT2D eigenvalue weighted by Gasteiger charge is 2.25. The largest absolute Gasteiger partial charge is 0.466 e. The van der Waals surface area contributed by atoms with Gasteiger partial charge in [0.15, 0.2) is 0 Å². The second-order valence-electron chi connectivity index (χ2n) is 5.62. The van der Waals surface area contributed by atoms with Crippen molar-refractivity contribution in [1.82, 2.24) is 9.97 Å². The van der Waals surface area contributed by atoms with Gasteiger partial charge < -0.3 is 19.7 Å². The van der Waals surface area contributed by atoms with Gasteiger partial charge in [0.2, 0.25) is 0 Å². The zero-order chi connectivity index (χ0) is 15.4. The van der Waals surface area contributed by atoms with Crippen molar-refractivity contribution in [3.63, 3.8) is 0 Å². The van der Waals surface area contributed by atoms with E-state index in [9.17, 15) is 5.11 Å². The molecule has 6 heteroatoms. The minimum atomic E-state index is 0.171. The second-order valence-corrected chi connectivity index (χ2v) is 5.62. The molecule has 0 bridgehead atoms. The van der Waals surface area contributed by atoms with Crippen LogP contribution in [0.4, 0.5) is 11.6 Å². The molecule has 6 nitrogen and oxygen atoms in total. The molecule has 1 saturated heterocycles. The van der Waals surface area contributed by atoms with Crippen LogP contribution in [0.3, 0.4) is 0 Å². The predicted molar refractivity (Wildman–Crippen MR) is 85.1 cm³/mol. The number of rotatable bonds is 6. The van der Waals surface area contributed by atoms with Crippen molar-refractivity contribution in [2.24, 2.45) is 0 Å². The molecule has 0 saturated carbocycles. The lowest BCUT2D eigenvalue weighted by Crippen LogP contribution is -2.32. The van der Waals surface area contributed by atoms with Crippen LogP contribution in [0.2, 0.25) is 0 Å². The number of anilines is 2. The molecule has 0 spiro atoms. The first-order valence-electron chi connectivity index (χ1n) is 7.75. The number of hydrogen-bond acceptors (Lipinski definition) is 6. The number of aromatic nitrogens is 2. The molecule has 3 heterocycles. The van der Waals surface area contributed by atoms with E-state index in [4.69, 9.17) is 4.42 Å². The molecule has 2 N–H and O–H groups in total. The standard InChI is InChI=1S/C16H22N4O2/c1-12-4-5-14(22-12)6-7-17-15-9-16(19-11-18-15)20-8-2-3-13(20)10-21/h4-5,9,11,13,21H,2-3,6-8,10H2,1H3,(H,17,18,19)/t13-/m1/s1. The molecule has 2 aromatic heterocycles. The fraction of sp³-hybridized carbons (Fsp3) is 0.500. The topological polar surface area (TPSA) is 74.4 Å². The van der Waals surface area contributed by atoms with E-state index in [1.807, 2.05) is 25.1 Å². The lowest BCUT2D eigenvalue weighted by atomic mass is 10.2. The smallest absolute Gasteiger partial charge is 0.134 e. The maximum atomic E-state index is 9.43. The Kier molecular flexibility index (Phi) is 4.58. The average Bonchev–Trinajstić information content (AvgIpc) is 3.16. The summed E-state index contributed by atoms with van der Waals surface area (Å²) < 4.78 is 5.55. The number of furan rings is 1.